The molecule has 0 unspecified atom stereocenters. The summed E-state index contributed by atoms with van der Waals surface area (Å²) in [6.45, 7) is 0. The van der Waals surface area contributed by atoms with Gasteiger partial charge in [0, 0.05) is 6.42 Å². The van der Waals surface area contributed by atoms with Gasteiger partial charge in [0.15, 0.2) is 11.6 Å². The van der Waals surface area contributed by atoms with Gasteiger partial charge >= 0.3 is 5.97 Å². The first-order valence-electron chi connectivity index (χ1n) is 6.87. The fraction of sp³-hybridized carbons (Fsp3) is 0.467. The highest BCUT2D eigenvalue weighted by molar-refractivity contribution is 5.78. The number of hydrogen-bond acceptors (Lipinski definition) is 2. The summed E-state index contributed by atoms with van der Waals surface area (Å²) in [4.78, 5) is 22.7. The molecule has 114 valence electrons. The summed E-state index contributed by atoms with van der Waals surface area (Å²) >= 11 is 0. The van der Waals surface area contributed by atoms with Crippen LogP contribution >= 0.6 is 0 Å². The molecule has 0 aromatic heterocycles. The fourth-order valence-corrected chi connectivity index (χ4v) is 2.55. The molecule has 0 atom stereocenters. The maximum Gasteiger partial charge on any atom is 0.305 e. The average molecular weight is 297 g/mol. The number of amides is 1. The van der Waals surface area contributed by atoms with Crippen molar-refractivity contribution in [2.24, 2.45) is 0 Å². The number of benzene rings is 1. The number of carbonyl (C=O) groups is 2. The molecule has 1 aliphatic rings. The van der Waals surface area contributed by atoms with Gasteiger partial charge in [0.1, 0.15) is 0 Å². The molecule has 6 heteroatoms. The molecule has 1 fully saturated rings. The number of rotatable bonds is 6. The first kappa shape index (κ1) is 15.4. The van der Waals surface area contributed by atoms with Crippen LogP contribution in [0.2, 0.25) is 0 Å². The lowest BCUT2D eigenvalue weighted by molar-refractivity contribution is -0.140. The van der Waals surface area contributed by atoms with Crippen molar-refractivity contribution in [3.05, 3.63) is 35.4 Å². The quantitative estimate of drug-likeness (QED) is 0.847. The third-order valence-electron chi connectivity index (χ3n) is 3.83. The van der Waals surface area contributed by atoms with Crippen LogP contribution in [0.4, 0.5) is 8.78 Å². The van der Waals surface area contributed by atoms with Crippen LogP contribution in [0.15, 0.2) is 18.2 Å². The largest absolute Gasteiger partial charge is 0.481 e. The molecule has 0 bridgehead atoms. The summed E-state index contributed by atoms with van der Waals surface area (Å²) < 4.78 is 25.8. The molecular weight excluding hydrogens is 280 g/mol. The van der Waals surface area contributed by atoms with E-state index in [2.05, 4.69) is 5.32 Å². The first-order valence-corrected chi connectivity index (χ1v) is 6.87. The molecule has 2 rings (SSSR count). The second kappa shape index (κ2) is 6.20. The standard InChI is InChI=1S/C15H17F2NO3/c16-11-4-2-10(8-12(11)17)3-5-13(19)18-15(6-1-7-15)9-14(20)21/h2,4,8H,1,3,5-7,9H2,(H,18,19)(H,20,21). The molecule has 1 saturated carbocycles. The Balaban J connectivity index is 1.86. The molecule has 21 heavy (non-hydrogen) atoms. The second-order valence-electron chi connectivity index (χ2n) is 5.50. The van der Waals surface area contributed by atoms with Gasteiger partial charge in [-0.1, -0.05) is 6.07 Å². The molecule has 1 aromatic carbocycles. The van der Waals surface area contributed by atoms with E-state index < -0.39 is 23.1 Å². The molecule has 1 aromatic rings. The Morgan fingerprint density at radius 2 is 1.95 bits per heavy atom. The van der Waals surface area contributed by atoms with Gasteiger partial charge in [-0.2, -0.15) is 0 Å². The van der Waals surface area contributed by atoms with E-state index in [0.717, 1.165) is 18.6 Å². The number of aliphatic carboxylic acids is 1. The zero-order chi connectivity index (χ0) is 15.5. The predicted molar refractivity (Wildman–Crippen MR) is 71.7 cm³/mol. The second-order valence-corrected chi connectivity index (χ2v) is 5.50. The molecular formula is C15H17F2NO3. The average Bonchev–Trinajstić information content (AvgIpc) is 2.37. The molecule has 0 saturated heterocycles. The van der Waals surface area contributed by atoms with E-state index >= 15 is 0 Å². The van der Waals surface area contributed by atoms with E-state index in [1.807, 2.05) is 0 Å². The van der Waals surface area contributed by atoms with E-state index in [1.54, 1.807) is 0 Å². The summed E-state index contributed by atoms with van der Waals surface area (Å²) in [6.07, 6.45) is 2.55. The summed E-state index contributed by atoms with van der Waals surface area (Å²) in [5, 5.41) is 11.6. The van der Waals surface area contributed by atoms with Crippen molar-refractivity contribution in [3.63, 3.8) is 0 Å². The summed E-state index contributed by atoms with van der Waals surface area (Å²) in [7, 11) is 0. The number of aryl methyl sites for hydroxylation is 1. The van der Waals surface area contributed by atoms with Crippen molar-refractivity contribution in [2.45, 2.75) is 44.1 Å². The number of carbonyl (C=O) groups excluding carboxylic acids is 1. The first-order chi connectivity index (χ1) is 9.90. The zero-order valence-electron chi connectivity index (χ0n) is 11.5. The molecule has 0 aliphatic heterocycles. The van der Waals surface area contributed by atoms with Crippen molar-refractivity contribution >= 4 is 11.9 Å². The Morgan fingerprint density at radius 3 is 2.48 bits per heavy atom. The maximum absolute atomic E-state index is 13.0. The Bertz CT molecular complexity index is 556. The lowest BCUT2D eigenvalue weighted by Crippen LogP contribution is -2.54. The van der Waals surface area contributed by atoms with Gasteiger partial charge in [-0.3, -0.25) is 9.59 Å². The van der Waals surface area contributed by atoms with Gasteiger partial charge in [0.05, 0.1) is 12.0 Å². The minimum absolute atomic E-state index is 0.0794. The Labute approximate surface area is 121 Å². The Hall–Kier alpha value is -1.98. The number of halogens is 2. The van der Waals surface area contributed by atoms with Crippen LogP contribution in [0.25, 0.3) is 0 Å². The molecule has 0 spiro atoms. The lowest BCUT2D eigenvalue weighted by Gasteiger charge is -2.41. The summed E-state index contributed by atoms with van der Waals surface area (Å²) in [5.74, 6) is -3.05. The van der Waals surface area contributed by atoms with Gasteiger partial charge in [-0.15, -0.1) is 0 Å². The minimum Gasteiger partial charge on any atom is -0.481 e. The van der Waals surface area contributed by atoms with E-state index in [-0.39, 0.29) is 25.2 Å². The third kappa shape index (κ3) is 4.00. The molecule has 1 amide bonds. The normalized spacial score (nSPS) is 16.1. The third-order valence-corrected chi connectivity index (χ3v) is 3.83. The van der Waals surface area contributed by atoms with Gasteiger partial charge in [-0.25, -0.2) is 8.78 Å². The fourth-order valence-electron chi connectivity index (χ4n) is 2.55. The van der Waals surface area contributed by atoms with Crippen molar-refractivity contribution < 1.29 is 23.5 Å². The molecule has 2 N–H and O–H groups in total. The highest BCUT2D eigenvalue weighted by Crippen LogP contribution is 2.35. The topological polar surface area (TPSA) is 66.4 Å². The van der Waals surface area contributed by atoms with E-state index in [0.29, 0.717) is 18.4 Å². The van der Waals surface area contributed by atoms with E-state index in [9.17, 15) is 18.4 Å². The highest BCUT2D eigenvalue weighted by atomic mass is 19.2. The molecule has 4 nitrogen and oxygen atoms in total. The monoisotopic (exact) mass is 297 g/mol. The van der Waals surface area contributed by atoms with E-state index in [4.69, 9.17) is 5.11 Å². The molecule has 0 radical (unpaired) electrons. The number of hydrogen-bond donors (Lipinski definition) is 2. The van der Waals surface area contributed by atoms with Gasteiger partial charge in [0.25, 0.3) is 0 Å². The van der Waals surface area contributed by atoms with E-state index in [1.165, 1.54) is 6.07 Å². The maximum atomic E-state index is 13.0. The van der Waals surface area contributed by atoms with Crippen molar-refractivity contribution in [1.29, 1.82) is 0 Å². The summed E-state index contributed by atoms with van der Waals surface area (Å²) in [6, 6.07) is 3.53. The molecule has 0 heterocycles. The van der Waals surface area contributed by atoms with Crippen LogP contribution in [0.3, 0.4) is 0 Å². The van der Waals surface area contributed by atoms with Crippen LogP contribution in [-0.2, 0) is 16.0 Å². The Kier molecular flexibility index (Phi) is 4.55. The predicted octanol–water partition coefficient (Wildman–Crippen LogP) is 2.41. The number of carboxylic acid groups (broad SMARTS) is 1. The van der Waals surface area contributed by atoms with Crippen LogP contribution in [0, 0.1) is 11.6 Å². The van der Waals surface area contributed by atoms with Crippen LogP contribution in [0.1, 0.15) is 37.7 Å². The smallest absolute Gasteiger partial charge is 0.305 e. The lowest BCUT2D eigenvalue weighted by atomic mass is 9.74. The minimum atomic E-state index is -0.936. The van der Waals surface area contributed by atoms with Gasteiger partial charge in [-0.05, 0) is 43.4 Å². The van der Waals surface area contributed by atoms with Crippen molar-refractivity contribution in [3.8, 4) is 0 Å². The Morgan fingerprint density at radius 1 is 1.24 bits per heavy atom. The van der Waals surface area contributed by atoms with Gasteiger partial charge in [0.2, 0.25) is 5.91 Å². The zero-order valence-corrected chi connectivity index (χ0v) is 11.5. The van der Waals surface area contributed by atoms with Crippen LogP contribution < -0.4 is 5.32 Å². The number of carboxylic acids is 1. The number of nitrogens with one attached hydrogen (secondary N) is 1. The highest BCUT2D eigenvalue weighted by Gasteiger charge is 2.40. The van der Waals surface area contributed by atoms with Gasteiger partial charge < -0.3 is 10.4 Å². The van der Waals surface area contributed by atoms with Crippen molar-refractivity contribution in [1.82, 2.24) is 5.32 Å². The SMILES string of the molecule is O=C(O)CC1(NC(=O)CCc2ccc(F)c(F)c2)CCC1. The summed E-state index contributed by atoms with van der Waals surface area (Å²) in [5.41, 5.74) is -0.0957. The van der Waals surface area contributed by atoms with Crippen LogP contribution in [0.5, 0.6) is 0 Å². The molecule has 1 aliphatic carbocycles. The van der Waals surface area contributed by atoms with Crippen LogP contribution in [-0.4, -0.2) is 22.5 Å². The van der Waals surface area contributed by atoms with Crippen molar-refractivity contribution in [2.75, 3.05) is 0 Å².